The summed E-state index contributed by atoms with van der Waals surface area (Å²) in [5.74, 6) is -0.0162. The number of anilines is 1. The zero-order valence-electron chi connectivity index (χ0n) is 12.9. The summed E-state index contributed by atoms with van der Waals surface area (Å²) in [7, 11) is -3.49. The molecule has 0 amide bonds. The number of fused-ring (bicyclic) bond motifs is 1. The molecule has 0 unspecified atom stereocenters. The fourth-order valence-electron chi connectivity index (χ4n) is 2.86. The Morgan fingerprint density at radius 3 is 2.70 bits per heavy atom. The Hall–Kier alpha value is -1.38. The summed E-state index contributed by atoms with van der Waals surface area (Å²) in [6.45, 7) is 4.30. The first-order valence-electron chi connectivity index (χ1n) is 7.79. The second-order valence-corrected chi connectivity index (χ2v) is 7.67. The lowest BCUT2D eigenvalue weighted by atomic mass is 10.2. The molecule has 0 aromatic heterocycles. The third-order valence-corrected chi connectivity index (χ3v) is 5.91. The van der Waals surface area contributed by atoms with Gasteiger partial charge in [-0.25, -0.2) is 12.8 Å². The van der Waals surface area contributed by atoms with Crippen molar-refractivity contribution in [2.75, 3.05) is 56.1 Å². The maximum atomic E-state index is 13.5. The lowest BCUT2D eigenvalue weighted by molar-refractivity contribution is 0.0381. The SMILES string of the molecule is O=S(=O)(CCCN1CCOCC1)N1CCOc2ccc(F)cc21. The van der Waals surface area contributed by atoms with Crippen LogP contribution >= 0.6 is 0 Å². The van der Waals surface area contributed by atoms with E-state index < -0.39 is 15.8 Å². The number of morpholine rings is 1. The van der Waals surface area contributed by atoms with Crippen LogP contribution in [0.1, 0.15) is 6.42 Å². The first kappa shape index (κ1) is 16.5. The van der Waals surface area contributed by atoms with Crippen molar-refractivity contribution in [3.05, 3.63) is 24.0 Å². The molecule has 0 atom stereocenters. The number of rotatable bonds is 5. The van der Waals surface area contributed by atoms with Gasteiger partial charge >= 0.3 is 0 Å². The van der Waals surface area contributed by atoms with Crippen LogP contribution in [0.25, 0.3) is 0 Å². The summed E-state index contributed by atoms with van der Waals surface area (Å²) in [5, 5.41) is 0. The highest BCUT2D eigenvalue weighted by Gasteiger charge is 2.28. The Morgan fingerprint density at radius 2 is 1.91 bits per heavy atom. The number of halogens is 1. The predicted molar refractivity (Wildman–Crippen MR) is 84.9 cm³/mol. The number of nitrogens with zero attached hydrogens (tertiary/aromatic N) is 2. The Balaban J connectivity index is 1.65. The van der Waals surface area contributed by atoms with E-state index in [2.05, 4.69) is 4.90 Å². The van der Waals surface area contributed by atoms with Crippen LogP contribution < -0.4 is 9.04 Å². The van der Waals surface area contributed by atoms with Crippen molar-refractivity contribution < 1.29 is 22.3 Å². The van der Waals surface area contributed by atoms with Crippen molar-refractivity contribution >= 4 is 15.7 Å². The molecule has 0 aliphatic carbocycles. The minimum atomic E-state index is -3.49. The number of benzene rings is 1. The predicted octanol–water partition coefficient (Wildman–Crippen LogP) is 1.08. The van der Waals surface area contributed by atoms with Gasteiger partial charge in [-0.2, -0.15) is 0 Å². The Kier molecular flexibility index (Phi) is 5.03. The number of ether oxygens (including phenoxy) is 2. The molecule has 2 aliphatic heterocycles. The van der Waals surface area contributed by atoms with Gasteiger partial charge in [-0.3, -0.25) is 9.21 Å². The van der Waals surface area contributed by atoms with Crippen molar-refractivity contribution in [2.45, 2.75) is 6.42 Å². The molecule has 128 valence electrons. The van der Waals surface area contributed by atoms with Gasteiger partial charge in [0.25, 0.3) is 0 Å². The maximum Gasteiger partial charge on any atom is 0.235 e. The van der Waals surface area contributed by atoms with Crippen LogP contribution in [0.5, 0.6) is 5.75 Å². The first-order chi connectivity index (χ1) is 11.1. The van der Waals surface area contributed by atoms with Gasteiger partial charge in [0.15, 0.2) is 0 Å². The molecule has 3 rings (SSSR count). The second-order valence-electron chi connectivity index (χ2n) is 5.66. The summed E-state index contributed by atoms with van der Waals surface area (Å²) >= 11 is 0. The zero-order valence-corrected chi connectivity index (χ0v) is 13.7. The number of hydrogen-bond acceptors (Lipinski definition) is 5. The summed E-state index contributed by atoms with van der Waals surface area (Å²) in [6.07, 6.45) is 0.546. The van der Waals surface area contributed by atoms with Crippen molar-refractivity contribution in [1.29, 1.82) is 0 Å². The van der Waals surface area contributed by atoms with Gasteiger partial charge < -0.3 is 9.47 Å². The van der Waals surface area contributed by atoms with E-state index in [9.17, 15) is 12.8 Å². The van der Waals surface area contributed by atoms with Gasteiger partial charge in [0.1, 0.15) is 18.2 Å². The van der Waals surface area contributed by atoms with Crippen LogP contribution in [-0.4, -0.2) is 65.1 Å². The smallest absolute Gasteiger partial charge is 0.235 e. The third kappa shape index (κ3) is 3.94. The van der Waals surface area contributed by atoms with Crippen LogP contribution in [0, 0.1) is 5.82 Å². The molecule has 23 heavy (non-hydrogen) atoms. The monoisotopic (exact) mass is 344 g/mol. The zero-order chi connectivity index (χ0) is 16.3. The molecule has 1 saturated heterocycles. The topological polar surface area (TPSA) is 59.1 Å². The summed E-state index contributed by atoms with van der Waals surface area (Å²) in [5.41, 5.74) is 0.294. The van der Waals surface area contributed by atoms with E-state index >= 15 is 0 Å². The highest BCUT2D eigenvalue weighted by atomic mass is 32.2. The molecule has 6 nitrogen and oxygen atoms in total. The molecular formula is C15H21FN2O4S. The van der Waals surface area contributed by atoms with Crippen LogP contribution in [0.15, 0.2) is 18.2 Å². The van der Waals surface area contributed by atoms with Crippen LogP contribution in [-0.2, 0) is 14.8 Å². The van der Waals surface area contributed by atoms with E-state index in [4.69, 9.17) is 9.47 Å². The standard InChI is InChI=1S/C15H21FN2O4S/c16-13-2-3-15-14(12-13)18(7-10-22-15)23(19,20)11-1-4-17-5-8-21-9-6-17/h2-3,12H,1,4-11H2. The van der Waals surface area contributed by atoms with E-state index in [0.717, 1.165) is 19.6 Å². The van der Waals surface area contributed by atoms with Gasteiger partial charge in [-0.05, 0) is 25.1 Å². The Morgan fingerprint density at radius 1 is 1.13 bits per heavy atom. The molecule has 1 aromatic carbocycles. The summed E-state index contributed by atoms with van der Waals surface area (Å²) in [4.78, 5) is 2.20. The lowest BCUT2D eigenvalue weighted by Gasteiger charge is -2.31. The third-order valence-electron chi connectivity index (χ3n) is 4.06. The second kappa shape index (κ2) is 7.02. The average molecular weight is 344 g/mol. The van der Waals surface area contributed by atoms with E-state index in [1.165, 1.54) is 22.5 Å². The van der Waals surface area contributed by atoms with Gasteiger partial charge in [-0.1, -0.05) is 0 Å². The molecule has 2 aliphatic rings. The van der Waals surface area contributed by atoms with Crippen LogP contribution in [0.4, 0.5) is 10.1 Å². The van der Waals surface area contributed by atoms with E-state index in [1.807, 2.05) is 0 Å². The molecule has 0 saturated carbocycles. The molecule has 1 fully saturated rings. The number of sulfonamides is 1. The molecular weight excluding hydrogens is 323 g/mol. The molecule has 0 N–H and O–H groups in total. The van der Waals surface area contributed by atoms with Gasteiger partial charge in [0, 0.05) is 19.2 Å². The van der Waals surface area contributed by atoms with E-state index in [0.29, 0.717) is 31.1 Å². The van der Waals surface area contributed by atoms with Crippen molar-refractivity contribution in [1.82, 2.24) is 4.90 Å². The summed E-state index contributed by atoms with van der Waals surface area (Å²) in [6, 6.07) is 3.96. The quantitative estimate of drug-likeness (QED) is 0.800. The van der Waals surface area contributed by atoms with Crippen molar-refractivity contribution in [3.8, 4) is 5.75 Å². The fourth-order valence-corrected chi connectivity index (χ4v) is 4.37. The Labute approximate surface area is 135 Å². The molecule has 8 heteroatoms. The largest absolute Gasteiger partial charge is 0.489 e. The maximum absolute atomic E-state index is 13.5. The minimum Gasteiger partial charge on any atom is -0.489 e. The highest BCUT2D eigenvalue weighted by molar-refractivity contribution is 7.92. The Bertz CT molecular complexity index is 647. The van der Waals surface area contributed by atoms with Crippen LogP contribution in [0.2, 0.25) is 0 Å². The van der Waals surface area contributed by atoms with Crippen LogP contribution in [0.3, 0.4) is 0 Å². The first-order valence-corrected chi connectivity index (χ1v) is 9.40. The van der Waals surface area contributed by atoms with Crippen molar-refractivity contribution in [3.63, 3.8) is 0 Å². The van der Waals surface area contributed by atoms with Gasteiger partial charge in [-0.15, -0.1) is 0 Å². The van der Waals surface area contributed by atoms with Gasteiger partial charge in [0.05, 0.1) is 31.2 Å². The van der Waals surface area contributed by atoms with E-state index in [-0.39, 0.29) is 18.9 Å². The van der Waals surface area contributed by atoms with Gasteiger partial charge in [0.2, 0.25) is 10.0 Å². The molecule has 2 heterocycles. The fraction of sp³-hybridized carbons (Fsp3) is 0.600. The summed E-state index contributed by atoms with van der Waals surface area (Å²) < 4.78 is 50.6. The highest BCUT2D eigenvalue weighted by Crippen LogP contribution is 2.34. The molecule has 0 bridgehead atoms. The molecule has 0 spiro atoms. The number of hydrogen-bond donors (Lipinski definition) is 0. The minimum absolute atomic E-state index is 0.0420. The lowest BCUT2D eigenvalue weighted by Crippen LogP contribution is -2.41. The van der Waals surface area contributed by atoms with Crippen molar-refractivity contribution in [2.24, 2.45) is 0 Å². The van der Waals surface area contributed by atoms with E-state index in [1.54, 1.807) is 0 Å². The molecule has 1 aromatic rings. The average Bonchev–Trinajstić information content (AvgIpc) is 2.55. The normalized spacial score (nSPS) is 19.3. The molecule has 0 radical (unpaired) electrons.